The lowest BCUT2D eigenvalue weighted by atomic mass is 10.2. The molecular formula is C11H12BrN3. The predicted octanol–water partition coefficient (Wildman–Crippen LogP) is 2.78. The van der Waals surface area contributed by atoms with E-state index in [1.165, 1.54) is 5.56 Å². The molecule has 0 radical (unpaired) electrons. The summed E-state index contributed by atoms with van der Waals surface area (Å²) in [6.07, 6.45) is 1.96. The van der Waals surface area contributed by atoms with Gasteiger partial charge >= 0.3 is 0 Å². The third-order valence-corrected chi connectivity index (χ3v) is 2.62. The second-order valence-corrected chi connectivity index (χ2v) is 4.82. The first-order chi connectivity index (χ1) is 7.25. The van der Waals surface area contributed by atoms with Gasteiger partial charge in [0.05, 0.1) is 17.1 Å². The van der Waals surface area contributed by atoms with Gasteiger partial charge < -0.3 is 0 Å². The number of hydrogen-bond acceptors (Lipinski definition) is 2. The molecule has 0 bridgehead atoms. The largest absolute Gasteiger partial charge is 0.248 e. The van der Waals surface area contributed by atoms with E-state index in [0.29, 0.717) is 0 Å². The van der Waals surface area contributed by atoms with Gasteiger partial charge in [-0.1, -0.05) is 51.5 Å². The first kappa shape index (κ1) is 10.4. The van der Waals surface area contributed by atoms with Crippen molar-refractivity contribution < 1.29 is 0 Å². The van der Waals surface area contributed by atoms with E-state index >= 15 is 0 Å². The molecule has 0 saturated carbocycles. The van der Waals surface area contributed by atoms with Gasteiger partial charge in [0.15, 0.2) is 0 Å². The summed E-state index contributed by atoms with van der Waals surface area (Å²) >= 11 is 3.47. The summed E-state index contributed by atoms with van der Waals surface area (Å²) < 4.78 is 1.85. The average Bonchev–Trinajstić information content (AvgIpc) is 2.68. The molecule has 78 valence electrons. The Morgan fingerprint density at radius 2 is 2.07 bits per heavy atom. The van der Waals surface area contributed by atoms with Gasteiger partial charge in [-0.25, -0.2) is 4.68 Å². The fraction of sp³-hybridized carbons (Fsp3) is 0.273. The Hall–Kier alpha value is -1.16. The van der Waals surface area contributed by atoms with Crippen molar-refractivity contribution in [3.63, 3.8) is 0 Å². The van der Waals surface area contributed by atoms with Gasteiger partial charge in [-0.05, 0) is 12.5 Å². The van der Waals surface area contributed by atoms with Crippen molar-refractivity contribution in [2.24, 2.45) is 0 Å². The number of rotatable bonds is 3. The highest BCUT2D eigenvalue weighted by atomic mass is 79.9. The normalized spacial score (nSPS) is 12.7. The lowest BCUT2D eigenvalue weighted by Crippen LogP contribution is -1.99. The molecule has 0 spiro atoms. The van der Waals surface area contributed by atoms with Crippen LogP contribution in [0.25, 0.3) is 0 Å². The molecular weight excluding hydrogens is 254 g/mol. The van der Waals surface area contributed by atoms with E-state index in [2.05, 4.69) is 38.4 Å². The Balaban J connectivity index is 2.12. The fourth-order valence-corrected chi connectivity index (χ4v) is 1.55. The maximum absolute atomic E-state index is 4.08. The maximum Gasteiger partial charge on any atom is 0.0960 e. The predicted molar refractivity (Wildman–Crippen MR) is 62.9 cm³/mol. The summed E-state index contributed by atoms with van der Waals surface area (Å²) in [6, 6.07) is 10.2. The van der Waals surface area contributed by atoms with Crippen LogP contribution < -0.4 is 0 Å². The number of hydrogen-bond donors (Lipinski definition) is 0. The summed E-state index contributed by atoms with van der Waals surface area (Å²) in [7, 11) is 0. The molecule has 0 aliphatic carbocycles. The van der Waals surface area contributed by atoms with Crippen molar-refractivity contribution >= 4 is 15.9 Å². The molecule has 0 aliphatic rings. The van der Waals surface area contributed by atoms with Crippen molar-refractivity contribution in [1.82, 2.24) is 15.0 Å². The second-order valence-electron chi connectivity index (χ2n) is 3.44. The van der Waals surface area contributed by atoms with E-state index in [-0.39, 0.29) is 4.83 Å². The molecule has 1 heterocycles. The van der Waals surface area contributed by atoms with Crippen LogP contribution in [0.15, 0.2) is 36.5 Å². The lowest BCUT2D eigenvalue weighted by Gasteiger charge is -1.99. The van der Waals surface area contributed by atoms with Crippen LogP contribution in [0.3, 0.4) is 0 Å². The van der Waals surface area contributed by atoms with Crippen LogP contribution in [0, 0.1) is 0 Å². The van der Waals surface area contributed by atoms with Crippen LogP contribution in [-0.4, -0.2) is 15.0 Å². The summed E-state index contributed by atoms with van der Waals surface area (Å²) in [5, 5.41) is 8.15. The Morgan fingerprint density at radius 3 is 2.67 bits per heavy atom. The zero-order valence-electron chi connectivity index (χ0n) is 8.47. The van der Waals surface area contributed by atoms with Gasteiger partial charge in [0.1, 0.15) is 0 Å². The van der Waals surface area contributed by atoms with Gasteiger partial charge in [-0.3, -0.25) is 0 Å². The van der Waals surface area contributed by atoms with Gasteiger partial charge in [0.25, 0.3) is 0 Å². The van der Waals surface area contributed by atoms with Gasteiger partial charge in [-0.15, -0.1) is 5.10 Å². The van der Waals surface area contributed by atoms with E-state index in [1.807, 2.05) is 36.0 Å². The van der Waals surface area contributed by atoms with Crippen LogP contribution in [-0.2, 0) is 6.54 Å². The molecule has 0 N–H and O–H groups in total. The molecule has 2 rings (SSSR count). The number of nitrogens with zero attached hydrogens (tertiary/aromatic N) is 3. The minimum atomic E-state index is 0.252. The van der Waals surface area contributed by atoms with Crippen LogP contribution in [0.1, 0.15) is 23.0 Å². The number of alkyl halides is 1. The summed E-state index contributed by atoms with van der Waals surface area (Å²) in [6.45, 7) is 2.81. The summed E-state index contributed by atoms with van der Waals surface area (Å²) in [4.78, 5) is 0.252. The third kappa shape index (κ3) is 2.65. The quantitative estimate of drug-likeness (QED) is 0.800. The first-order valence-corrected chi connectivity index (χ1v) is 5.75. The van der Waals surface area contributed by atoms with Crippen molar-refractivity contribution in [2.45, 2.75) is 18.3 Å². The minimum Gasteiger partial charge on any atom is -0.248 e. The maximum atomic E-state index is 4.08. The number of aromatic nitrogens is 3. The molecule has 0 saturated heterocycles. The smallest absolute Gasteiger partial charge is 0.0960 e. The van der Waals surface area contributed by atoms with E-state index in [1.54, 1.807) is 0 Å². The zero-order valence-corrected chi connectivity index (χ0v) is 10.1. The van der Waals surface area contributed by atoms with Gasteiger partial charge in [0, 0.05) is 6.20 Å². The van der Waals surface area contributed by atoms with Crippen molar-refractivity contribution in [3.8, 4) is 0 Å². The Kier molecular flexibility index (Phi) is 3.16. The first-order valence-electron chi connectivity index (χ1n) is 4.84. The van der Waals surface area contributed by atoms with Crippen LogP contribution in [0.5, 0.6) is 0 Å². The molecule has 1 aromatic heterocycles. The van der Waals surface area contributed by atoms with Gasteiger partial charge in [0.2, 0.25) is 0 Å². The standard InChI is InChI=1S/C11H12BrN3/c1-9(12)11-8-15(14-13-11)7-10-5-3-2-4-6-10/h2-6,8-9H,7H2,1H3. The molecule has 15 heavy (non-hydrogen) atoms. The second kappa shape index (κ2) is 4.57. The topological polar surface area (TPSA) is 30.7 Å². The van der Waals surface area contributed by atoms with Gasteiger partial charge in [-0.2, -0.15) is 0 Å². The number of benzene rings is 1. The van der Waals surface area contributed by atoms with E-state index in [0.717, 1.165) is 12.2 Å². The molecule has 0 amide bonds. The average molecular weight is 266 g/mol. The monoisotopic (exact) mass is 265 g/mol. The molecule has 4 heteroatoms. The van der Waals surface area contributed by atoms with E-state index in [4.69, 9.17) is 0 Å². The third-order valence-electron chi connectivity index (χ3n) is 2.15. The highest BCUT2D eigenvalue weighted by molar-refractivity contribution is 9.09. The Bertz CT molecular complexity index is 422. The molecule has 0 fully saturated rings. The highest BCUT2D eigenvalue weighted by Gasteiger charge is 2.05. The van der Waals surface area contributed by atoms with Crippen LogP contribution in [0.2, 0.25) is 0 Å². The van der Waals surface area contributed by atoms with Crippen molar-refractivity contribution in [1.29, 1.82) is 0 Å². The summed E-state index contributed by atoms with van der Waals surface area (Å²) in [5.41, 5.74) is 2.20. The van der Waals surface area contributed by atoms with Crippen LogP contribution >= 0.6 is 15.9 Å². The van der Waals surface area contributed by atoms with E-state index in [9.17, 15) is 0 Å². The van der Waals surface area contributed by atoms with Crippen molar-refractivity contribution in [2.75, 3.05) is 0 Å². The molecule has 0 aliphatic heterocycles. The fourth-order valence-electron chi connectivity index (χ4n) is 1.34. The van der Waals surface area contributed by atoms with E-state index < -0.39 is 0 Å². The Labute approximate surface area is 97.2 Å². The molecule has 1 atom stereocenters. The van der Waals surface area contributed by atoms with Crippen LogP contribution in [0.4, 0.5) is 0 Å². The molecule has 1 aromatic carbocycles. The number of halogens is 1. The molecule has 1 unspecified atom stereocenters. The highest BCUT2D eigenvalue weighted by Crippen LogP contribution is 2.18. The zero-order chi connectivity index (χ0) is 10.7. The molecule has 2 aromatic rings. The molecule has 3 nitrogen and oxygen atoms in total. The minimum absolute atomic E-state index is 0.252. The van der Waals surface area contributed by atoms with Crippen molar-refractivity contribution in [3.05, 3.63) is 47.8 Å². The SMILES string of the molecule is CC(Br)c1cn(Cc2ccccc2)nn1. The summed E-state index contributed by atoms with van der Waals surface area (Å²) in [5.74, 6) is 0. The Morgan fingerprint density at radius 1 is 1.33 bits per heavy atom. The lowest BCUT2D eigenvalue weighted by molar-refractivity contribution is 0.649.